The van der Waals surface area contributed by atoms with E-state index in [4.69, 9.17) is 23.2 Å². The van der Waals surface area contributed by atoms with E-state index in [0.29, 0.717) is 10.0 Å². The maximum Gasteiger partial charge on any atom is 0.225 e. The van der Waals surface area contributed by atoms with E-state index in [1.54, 1.807) is 18.2 Å². The van der Waals surface area contributed by atoms with E-state index < -0.39 is 5.54 Å². The first kappa shape index (κ1) is 14.2. The molecule has 100 valence electrons. The lowest BCUT2D eigenvalue weighted by atomic mass is 9.99. The third kappa shape index (κ3) is 3.40. The fourth-order valence-electron chi connectivity index (χ4n) is 2.39. The predicted molar refractivity (Wildman–Crippen MR) is 75.1 cm³/mol. The van der Waals surface area contributed by atoms with Gasteiger partial charge in [-0.3, -0.25) is 4.79 Å². The van der Waals surface area contributed by atoms with E-state index in [9.17, 15) is 10.1 Å². The second kappa shape index (κ2) is 5.81. The molecule has 19 heavy (non-hydrogen) atoms. The third-order valence-corrected chi connectivity index (χ3v) is 4.14. The fraction of sp³-hybridized carbons (Fsp3) is 0.429. The van der Waals surface area contributed by atoms with Crippen molar-refractivity contribution in [3.05, 3.63) is 33.8 Å². The normalized spacial score (nSPS) is 16.9. The second-order valence-corrected chi connectivity index (χ2v) is 5.69. The van der Waals surface area contributed by atoms with E-state index in [1.165, 1.54) is 0 Å². The van der Waals surface area contributed by atoms with Gasteiger partial charge in [0.2, 0.25) is 5.91 Å². The summed E-state index contributed by atoms with van der Waals surface area (Å²) in [5.74, 6) is -0.151. The molecule has 0 spiro atoms. The van der Waals surface area contributed by atoms with Crippen molar-refractivity contribution in [2.75, 3.05) is 0 Å². The quantitative estimate of drug-likeness (QED) is 0.928. The summed E-state index contributed by atoms with van der Waals surface area (Å²) < 4.78 is 0. The Hall–Kier alpha value is -1.24. The van der Waals surface area contributed by atoms with Crippen LogP contribution in [0.5, 0.6) is 0 Å². The van der Waals surface area contributed by atoms with Gasteiger partial charge in [0, 0.05) is 0 Å². The van der Waals surface area contributed by atoms with Crippen LogP contribution in [0.15, 0.2) is 18.2 Å². The molecule has 0 atom stereocenters. The Labute approximate surface area is 122 Å². The molecule has 1 aromatic carbocycles. The molecule has 5 heteroatoms. The zero-order chi connectivity index (χ0) is 13.9. The number of nitrogens with one attached hydrogen (secondary N) is 1. The smallest absolute Gasteiger partial charge is 0.225 e. The molecule has 1 aromatic rings. The molecule has 0 heterocycles. The van der Waals surface area contributed by atoms with Gasteiger partial charge < -0.3 is 5.32 Å². The Kier molecular flexibility index (Phi) is 4.34. The number of rotatable bonds is 3. The van der Waals surface area contributed by atoms with Crippen molar-refractivity contribution in [2.45, 2.75) is 37.6 Å². The number of carbonyl (C=O) groups excluding carboxylic acids is 1. The summed E-state index contributed by atoms with van der Waals surface area (Å²) in [6, 6.07) is 7.35. The average Bonchev–Trinajstić information content (AvgIpc) is 2.83. The first-order chi connectivity index (χ1) is 9.04. The van der Waals surface area contributed by atoms with E-state index in [0.717, 1.165) is 31.2 Å². The minimum Gasteiger partial charge on any atom is -0.338 e. The van der Waals surface area contributed by atoms with Gasteiger partial charge in [0.15, 0.2) is 0 Å². The van der Waals surface area contributed by atoms with Crippen LogP contribution in [0.4, 0.5) is 0 Å². The number of nitriles is 1. The maximum absolute atomic E-state index is 12.0. The molecule has 1 aliphatic carbocycles. The van der Waals surface area contributed by atoms with Crippen molar-refractivity contribution in [1.29, 1.82) is 5.26 Å². The molecule has 1 saturated carbocycles. The van der Waals surface area contributed by atoms with Crippen LogP contribution in [-0.4, -0.2) is 11.4 Å². The summed E-state index contributed by atoms with van der Waals surface area (Å²) in [6.07, 6.45) is 3.65. The highest BCUT2D eigenvalue weighted by molar-refractivity contribution is 6.42. The van der Waals surface area contributed by atoms with Gasteiger partial charge in [-0.1, -0.05) is 29.3 Å². The first-order valence-corrected chi connectivity index (χ1v) is 6.96. The van der Waals surface area contributed by atoms with E-state index >= 15 is 0 Å². The number of hydrogen-bond donors (Lipinski definition) is 1. The van der Waals surface area contributed by atoms with Crippen molar-refractivity contribution in [3.63, 3.8) is 0 Å². The molecule has 0 radical (unpaired) electrons. The summed E-state index contributed by atoms with van der Waals surface area (Å²) in [5.41, 5.74) is 0.116. The molecule has 3 nitrogen and oxygen atoms in total. The Bertz CT molecular complexity index is 531. The van der Waals surface area contributed by atoms with Crippen molar-refractivity contribution in [3.8, 4) is 6.07 Å². The van der Waals surface area contributed by atoms with Crippen molar-refractivity contribution >= 4 is 29.1 Å². The molecule has 1 fully saturated rings. The number of halogens is 2. The van der Waals surface area contributed by atoms with Gasteiger partial charge >= 0.3 is 0 Å². The Balaban J connectivity index is 2.01. The van der Waals surface area contributed by atoms with Crippen LogP contribution >= 0.6 is 23.2 Å². The summed E-state index contributed by atoms with van der Waals surface area (Å²) in [6.45, 7) is 0. The van der Waals surface area contributed by atoms with Gasteiger partial charge in [0.05, 0.1) is 22.5 Å². The largest absolute Gasteiger partial charge is 0.338 e. The molecule has 0 aliphatic heterocycles. The second-order valence-electron chi connectivity index (χ2n) is 4.87. The highest BCUT2D eigenvalue weighted by atomic mass is 35.5. The van der Waals surface area contributed by atoms with Gasteiger partial charge in [-0.05, 0) is 43.4 Å². The summed E-state index contributed by atoms with van der Waals surface area (Å²) >= 11 is 11.7. The van der Waals surface area contributed by atoms with Crippen molar-refractivity contribution in [1.82, 2.24) is 5.32 Å². The molecule has 1 amide bonds. The maximum atomic E-state index is 12.0. The van der Waals surface area contributed by atoms with E-state index in [1.807, 2.05) is 0 Å². The lowest BCUT2D eigenvalue weighted by Gasteiger charge is -2.22. The van der Waals surface area contributed by atoms with Crippen LogP contribution in [0, 0.1) is 11.3 Å². The van der Waals surface area contributed by atoms with Gasteiger partial charge in [0.25, 0.3) is 0 Å². The lowest BCUT2D eigenvalue weighted by Crippen LogP contribution is -2.45. The average molecular weight is 297 g/mol. The van der Waals surface area contributed by atoms with E-state index in [-0.39, 0.29) is 12.3 Å². The standard InChI is InChI=1S/C14H14Cl2N2O/c15-11-4-3-10(7-12(11)16)8-13(19)18-14(9-17)5-1-2-6-14/h3-4,7H,1-2,5-6,8H2,(H,18,19). The first-order valence-electron chi connectivity index (χ1n) is 6.21. The van der Waals surface area contributed by atoms with Crippen molar-refractivity contribution in [2.24, 2.45) is 0 Å². The highest BCUT2D eigenvalue weighted by Gasteiger charge is 2.35. The summed E-state index contributed by atoms with van der Waals surface area (Å²) in [4.78, 5) is 12.0. The monoisotopic (exact) mass is 296 g/mol. The molecule has 0 bridgehead atoms. The molecule has 0 unspecified atom stereocenters. The zero-order valence-electron chi connectivity index (χ0n) is 10.4. The van der Waals surface area contributed by atoms with Crippen LogP contribution in [0.3, 0.4) is 0 Å². The van der Waals surface area contributed by atoms with E-state index in [2.05, 4.69) is 11.4 Å². The minimum absolute atomic E-state index is 0.151. The molecule has 0 saturated heterocycles. The van der Waals surface area contributed by atoms with Crippen LogP contribution in [0.25, 0.3) is 0 Å². The molecule has 1 aliphatic rings. The molecule has 0 aromatic heterocycles. The highest BCUT2D eigenvalue weighted by Crippen LogP contribution is 2.29. The topological polar surface area (TPSA) is 52.9 Å². The van der Waals surface area contributed by atoms with Crippen LogP contribution in [0.2, 0.25) is 10.0 Å². The lowest BCUT2D eigenvalue weighted by molar-refractivity contribution is -0.121. The number of carbonyl (C=O) groups is 1. The Morgan fingerprint density at radius 2 is 2.00 bits per heavy atom. The number of amides is 1. The number of nitrogens with zero attached hydrogens (tertiary/aromatic N) is 1. The Morgan fingerprint density at radius 1 is 1.32 bits per heavy atom. The van der Waals surface area contributed by atoms with Gasteiger partial charge in [-0.15, -0.1) is 0 Å². The minimum atomic E-state index is -0.673. The molecular weight excluding hydrogens is 283 g/mol. The van der Waals surface area contributed by atoms with Gasteiger partial charge in [-0.2, -0.15) is 5.26 Å². The zero-order valence-corrected chi connectivity index (χ0v) is 11.9. The fourth-order valence-corrected chi connectivity index (χ4v) is 2.71. The molecule has 1 N–H and O–H groups in total. The predicted octanol–water partition coefficient (Wildman–Crippen LogP) is 3.49. The summed E-state index contributed by atoms with van der Waals surface area (Å²) in [7, 11) is 0. The Morgan fingerprint density at radius 3 is 2.58 bits per heavy atom. The van der Waals surface area contributed by atoms with Crippen molar-refractivity contribution < 1.29 is 4.79 Å². The van der Waals surface area contributed by atoms with Crippen LogP contribution in [0.1, 0.15) is 31.2 Å². The SMILES string of the molecule is N#CC1(NC(=O)Cc2ccc(Cl)c(Cl)c2)CCCC1. The van der Waals surface area contributed by atoms with Crippen LogP contribution in [-0.2, 0) is 11.2 Å². The van der Waals surface area contributed by atoms with Crippen LogP contribution < -0.4 is 5.32 Å². The number of hydrogen-bond acceptors (Lipinski definition) is 2. The van der Waals surface area contributed by atoms with Gasteiger partial charge in [-0.25, -0.2) is 0 Å². The molecule has 2 rings (SSSR count). The third-order valence-electron chi connectivity index (χ3n) is 3.40. The summed E-state index contributed by atoms with van der Waals surface area (Å²) in [5, 5.41) is 13.0. The van der Waals surface area contributed by atoms with Gasteiger partial charge in [0.1, 0.15) is 5.54 Å². The number of benzene rings is 1. The molecular formula is C14H14Cl2N2O.